The van der Waals surface area contributed by atoms with E-state index in [2.05, 4.69) is 32.9 Å². The molecular weight excluding hydrogens is 341 g/mol. The van der Waals surface area contributed by atoms with E-state index in [1.54, 1.807) is 10.9 Å². The van der Waals surface area contributed by atoms with Crippen LogP contribution in [0.2, 0.25) is 0 Å². The van der Waals surface area contributed by atoms with Gasteiger partial charge in [-0.1, -0.05) is 12.8 Å². The highest BCUT2D eigenvalue weighted by molar-refractivity contribution is 14.1. The van der Waals surface area contributed by atoms with Crippen molar-refractivity contribution in [2.75, 3.05) is 6.54 Å². The lowest BCUT2D eigenvalue weighted by atomic mass is 10.2. The largest absolute Gasteiger partial charge is 0.314 e. The fraction of sp³-hybridized carbons (Fsp3) is 0.692. The normalized spacial score (nSPS) is 16.3. The van der Waals surface area contributed by atoms with Crippen LogP contribution in [0.1, 0.15) is 37.8 Å². The topological polar surface area (TPSA) is 46.9 Å². The summed E-state index contributed by atoms with van der Waals surface area (Å²) in [6.45, 7) is 3.61. The van der Waals surface area contributed by atoms with Crippen LogP contribution in [-0.4, -0.2) is 22.1 Å². The molecule has 0 bridgehead atoms. The van der Waals surface area contributed by atoms with E-state index in [0.717, 1.165) is 28.8 Å². The molecule has 0 unspecified atom stereocenters. The Hall–Kier alpha value is -0.430. The van der Waals surface area contributed by atoms with Crippen molar-refractivity contribution in [3.8, 4) is 0 Å². The summed E-state index contributed by atoms with van der Waals surface area (Å²) >= 11 is 2.07. The van der Waals surface area contributed by atoms with Gasteiger partial charge in [0, 0.05) is 12.6 Å². The maximum absolute atomic E-state index is 11.9. The van der Waals surface area contributed by atoms with Crippen molar-refractivity contribution in [2.45, 2.75) is 51.6 Å². The second-order valence-corrected chi connectivity index (χ2v) is 6.01. The van der Waals surface area contributed by atoms with Crippen molar-refractivity contribution in [1.82, 2.24) is 14.9 Å². The lowest BCUT2D eigenvalue weighted by molar-refractivity contribution is 0.490. The summed E-state index contributed by atoms with van der Waals surface area (Å²) in [5, 5.41) is 3.56. The summed E-state index contributed by atoms with van der Waals surface area (Å²) in [5.74, 6) is 0. The van der Waals surface area contributed by atoms with Gasteiger partial charge in [-0.05, 0) is 55.3 Å². The zero-order valence-corrected chi connectivity index (χ0v) is 12.9. The van der Waals surface area contributed by atoms with E-state index in [0.29, 0.717) is 6.04 Å². The molecular formula is C13H20IN3O. The molecule has 0 radical (unpaired) electrons. The lowest BCUT2D eigenvalue weighted by Gasteiger charge is -2.12. The Bertz CT molecular complexity index is 452. The van der Waals surface area contributed by atoms with E-state index in [1.807, 2.05) is 6.92 Å². The third kappa shape index (κ3) is 3.54. The highest BCUT2D eigenvalue weighted by Crippen LogP contribution is 2.17. The smallest absolute Gasteiger partial charge is 0.266 e. The van der Waals surface area contributed by atoms with Crippen LogP contribution in [-0.2, 0) is 6.54 Å². The van der Waals surface area contributed by atoms with Crippen molar-refractivity contribution in [3.05, 3.63) is 25.9 Å². The van der Waals surface area contributed by atoms with E-state index >= 15 is 0 Å². The second-order valence-electron chi connectivity index (χ2n) is 4.93. The number of nitrogens with zero attached hydrogens (tertiary/aromatic N) is 2. The molecule has 0 atom stereocenters. The molecule has 1 aromatic rings. The predicted molar refractivity (Wildman–Crippen MR) is 80.8 cm³/mol. The predicted octanol–water partition coefficient (Wildman–Crippen LogP) is 2.08. The van der Waals surface area contributed by atoms with Crippen LogP contribution in [0.4, 0.5) is 0 Å². The SMILES string of the molecule is Cc1ncn(CCCNC2CCCC2)c(=O)c1I. The average molecular weight is 361 g/mol. The van der Waals surface area contributed by atoms with Crippen LogP contribution >= 0.6 is 22.6 Å². The number of nitrogens with one attached hydrogen (secondary N) is 1. The Morgan fingerprint density at radius 1 is 1.50 bits per heavy atom. The fourth-order valence-corrected chi connectivity index (χ4v) is 2.84. The molecule has 5 heteroatoms. The molecule has 2 rings (SSSR count). The van der Waals surface area contributed by atoms with Gasteiger partial charge in [-0.15, -0.1) is 0 Å². The van der Waals surface area contributed by atoms with Crippen molar-refractivity contribution in [2.24, 2.45) is 0 Å². The van der Waals surface area contributed by atoms with Gasteiger partial charge in [-0.25, -0.2) is 4.98 Å². The summed E-state index contributed by atoms with van der Waals surface area (Å²) in [6, 6.07) is 0.706. The number of hydrogen-bond donors (Lipinski definition) is 1. The Kier molecular flexibility index (Phi) is 5.17. The summed E-state index contributed by atoms with van der Waals surface area (Å²) in [4.78, 5) is 16.2. The Morgan fingerprint density at radius 3 is 2.94 bits per heavy atom. The minimum absolute atomic E-state index is 0.0870. The third-order valence-corrected chi connectivity index (χ3v) is 4.76. The molecule has 0 amide bonds. The maximum Gasteiger partial charge on any atom is 0.266 e. The van der Waals surface area contributed by atoms with Gasteiger partial charge in [-0.3, -0.25) is 9.36 Å². The maximum atomic E-state index is 11.9. The molecule has 0 aliphatic heterocycles. The van der Waals surface area contributed by atoms with E-state index in [-0.39, 0.29) is 5.56 Å². The van der Waals surface area contributed by atoms with Gasteiger partial charge in [0.2, 0.25) is 0 Å². The van der Waals surface area contributed by atoms with E-state index in [1.165, 1.54) is 25.7 Å². The number of aromatic nitrogens is 2. The minimum atomic E-state index is 0.0870. The van der Waals surface area contributed by atoms with Crippen LogP contribution in [0.5, 0.6) is 0 Å². The number of rotatable bonds is 5. The fourth-order valence-electron chi connectivity index (χ4n) is 2.39. The summed E-state index contributed by atoms with van der Waals surface area (Å²) in [7, 11) is 0. The van der Waals surface area contributed by atoms with Gasteiger partial charge in [0.05, 0.1) is 15.6 Å². The molecule has 0 aromatic carbocycles. The molecule has 1 aromatic heterocycles. The van der Waals surface area contributed by atoms with Gasteiger partial charge in [0.25, 0.3) is 5.56 Å². The Morgan fingerprint density at radius 2 is 2.22 bits per heavy atom. The Labute approximate surface area is 121 Å². The van der Waals surface area contributed by atoms with Crippen LogP contribution < -0.4 is 10.9 Å². The minimum Gasteiger partial charge on any atom is -0.314 e. The van der Waals surface area contributed by atoms with Crippen molar-refractivity contribution in [3.63, 3.8) is 0 Å². The average Bonchev–Trinajstić information content (AvgIpc) is 2.87. The molecule has 100 valence electrons. The molecule has 1 N–H and O–H groups in total. The number of halogens is 1. The quantitative estimate of drug-likeness (QED) is 0.645. The zero-order valence-electron chi connectivity index (χ0n) is 10.8. The number of aryl methyl sites for hydroxylation is 2. The van der Waals surface area contributed by atoms with Gasteiger partial charge in [0.15, 0.2) is 0 Å². The Balaban J connectivity index is 1.79. The molecule has 0 spiro atoms. The van der Waals surface area contributed by atoms with E-state index < -0.39 is 0 Å². The summed E-state index contributed by atoms with van der Waals surface area (Å²) in [6.07, 6.45) is 7.98. The first kappa shape index (κ1) is 14.0. The molecule has 18 heavy (non-hydrogen) atoms. The lowest BCUT2D eigenvalue weighted by Crippen LogP contribution is -2.29. The molecule has 1 aliphatic rings. The zero-order chi connectivity index (χ0) is 13.0. The van der Waals surface area contributed by atoms with E-state index in [4.69, 9.17) is 0 Å². The van der Waals surface area contributed by atoms with Crippen LogP contribution in [0.3, 0.4) is 0 Å². The molecule has 1 heterocycles. The first-order valence-corrected chi connectivity index (χ1v) is 7.71. The highest BCUT2D eigenvalue weighted by atomic mass is 127. The van der Waals surface area contributed by atoms with Gasteiger partial charge in [0.1, 0.15) is 0 Å². The first-order valence-electron chi connectivity index (χ1n) is 6.63. The number of hydrogen-bond acceptors (Lipinski definition) is 3. The highest BCUT2D eigenvalue weighted by Gasteiger charge is 2.13. The third-order valence-electron chi connectivity index (χ3n) is 3.52. The van der Waals surface area contributed by atoms with Gasteiger partial charge < -0.3 is 5.32 Å². The summed E-state index contributed by atoms with van der Waals surface area (Å²) in [5.41, 5.74) is 0.907. The molecule has 1 fully saturated rings. The molecule has 1 saturated carbocycles. The molecule has 4 nitrogen and oxygen atoms in total. The van der Waals surface area contributed by atoms with Crippen LogP contribution in [0.15, 0.2) is 11.1 Å². The van der Waals surface area contributed by atoms with Crippen molar-refractivity contribution in [1.29, 1.82) is 0 Å². The second kappa shape index (κ2) is 6.65. The monoisotopic (exact) mass is 361 g/mol. The standard InChI is InChI=1S/C13H20IN3O/c1-10-12(14)13(18)17(9-16-10)8-4-7-15-11-5-2-3-6-11/h9,11,15H,2-8H2,1H3. The van der Waals surface area contributed by atoms with E-state index in [9.17, 15) is 4.79 Å². The summed E-state index contributed by atoms with van der Waals surface area (Å²) < 4.78 is 2.45. The van der Waals surface area contributed by atoms with Crippen LogP contribution in [0.25, 0.3) is 0 Å². The molecule has 0 saturated heterocycles. The van der Waals surface area contributed by atoms with Gasteiger partial charge in [-0.2, -0.15) is 0 Å². The van der Waals surface area contributed by atoms with Crippen molar-refractivity contribution >= 4 is 22.6 Å². The van der Waals surface area contributed by atoms with Gasteiger partial charge >= 0.3 is 0 Å². The van der Waals surface area contributed by atoms with Crippen molar-refractivity contribution < 1.29 is 0 Å². The first-order chi connectivity index (χ1) is 8.68. The van der Waals surface area contributed by atoms with Crippen LogP contribution in [0, 0.1) is 10.5 Å². The molecule has 1 aliphatic carbocycles.